The summed E-state index contributed by atoms with van der Waals surface area (Å²) in [6.07, 6.45) is 0.771. The number of amides is 2. The standard InChI is InChI=1S/C21H25FN2O4S/c1-5-21(3,4)24-20(26)15-6-10-17(11-7-15)23-19(25)14(2)29(27,28)18-12-8-16(22)9-13-18/h6-14H,5H2,1-4H3,(H,23,25)(H,24,26). The van der Waals surface area contributed by atoms with Gasteiger partial charge in [-0.25, -0.2) is 12.8 Å². The average Bonchev–Trinajstić information content (AvgIpc) is 2.67. The monoisotopic (exact) mass is 420 g/mol. The molecule has 0 saturated heterocycles. The molecule has 0 aromatic heterocycles. The third-order valence-corrected chi connectivity index (χ3v) is 6.80. The first-order valence-corrected chi connectivity index (χ1v) is 10.7. The molecule has 2 N–H and O–H groups in total. The van der Waals surface area contributed by atoms with Crippen molar-refractivity contribution in [1.82, 2.24) is 5.32 Å². The van der Waals surface area contributed by atoms with Crippen LogP contribution >= 0.6 is 0 Å². The Hall–Kier alpha value is -2.74. The van der Waals surface area contributed by atoms with Gasteiger partial charge in [0.25, 0.3) is 5.91 Å². The summed E-state index contributed by atoms with van der Waals surface area (Å²) >= 11 is 0. The van der Waals surface area contributed by atoms with Crippen LogP contribution in [-0.4, -0.2) is 31.0 Å². The number of carbonyl (C=O) groups excluding carboxylic acids is 2. The summed E-state index contributed by atoms with van der Waals surface area (Å²) in [5.41, 5.74) is 0.452. The van der Waals surface area contributed by atoms with Gasteiger partial charge in [0.1, 0.15) is 11.1 Å². The molecule has 0 saturated carbocycles. The van der Waals surface area contributed by atoms with Crippen LogP contribution in [0.2, 0.25) is 0 Å². The number of sulfone groups is 1. The minimum Gasteiger partial charge on any atom is -0.347 e. The molecule has 2 aromatic carbocycles. The van der Waals surface area contributed by atoms with Gasteiger partial charge < -0.3 is 10.6 Å². The highest BCUT2D eigenvalue weighted by Gasteiger charge is 2.30. The van der Waals surface area contributed by atoms with Crippen molar-refractivity contribution in [3.8, 4) is 0 Å². The zero-order valence-electron chi connectivity index (χ0n) is 16.8. The Kier molecular flexibility index (Phi) is 6.79. The van der Waals surface area contributed by atoms with Crippen molar-refractivity contribution in [2.45, 2.75) is 49.8 Å². The van der Waals surface area contributed by atoms with Gasteiger partial charge in [-0.2, -0.15) is 0 Å². The SMILES string of the molecule is CCC(C)(C)NC(=O)c1ccc(NC(=O)C(C)S(=O)(=O)c2ccc(F)cc2)cc1. The Morgan fingerprint density at radius 2 is 1.59 bits per heavy atom. The van der Waals surface area contributed by atoms with E-state index in [9.17, 15) is 22.4 Å². The Morgan fingerprint density at radius 3 is 2.10 bits per heavy atom. The van der Waals surface area contributed by atoms with E-state index < -0.39 is 26.8 Å². The van der Waals surface area contributed by atoms with Gasteiger partial charge in [0.2, 0.25) is 5.91 Å². The first-order chi connectivity index (χ1) is 13.5. The second-order valence-corrected chi connectivity index (χ2v) is 9.67. The number of benzene rings is 2. The van der Waals surface area contributed by atoms with Gasteiger partial charge in [-0.05, 0) is 75.7 Å². The predicted octanol–water partition coefficient (Wildman–Crippen LogP) is 3.55. The van der Waals surface area contributed by atoms with Crippen molar-refractivity contribution < 1.29 is 22.4 Å². The van der Waals surface area contributed by atoms with Gasteiger partial charge in [0, 0.05) is 16.8 Å². The Labute approximate surface area is 170 Å². The molecule has 156 valence electrons. The van der Waals surface area contributed by atoms with Gasteiger partial charge in [-0.3, -0.25) is 9.59 Å². The number of anilines is 1. The molecule has 1 unspecified atom stereocenters. The molecule has 0 spiro atoms. The zero-order chi connectivity index (χ0) is 21.8. The topological polar surface area (TPSA) is 92.3 Å². The van der Waals surface area contributed by atoms with Crippen LogP contribution < -0.4 is 10.6 Å². The highest BCUT2D eigenvalue weighted by molar-refractivity contribution is 7.92. The summed E-state index contributed by atoms with van der Waals surface area (Å²) in [5.74, 6) is -1.52. The molecule has 0 aliphatic rings. The van der Waals surface area contributed by atoms with Crippen molar-refractivity contribution in [1.29, 1.82) is 0 Å². The highest BCUT2D eigenvalue weighted by Crippen LogP contribution is 2.19. The minimum atomic E-state index is -3.96. The van der Waals surface area contributed by atoms with E-state index in [-0.39, 0.29) is 16.3 Å². The molecule has 0 bridgehead atoms. The number of hydrogen-bond acceptors (Lipinski definition) is 4. The van der Waals surface area contributed by atoms with Gasteiger partial charge in [0.15, 0.2) is 9.84 Å². The van der Waals surface area contributed by atoms with E-state index in [0.29, 0.717) is 11.3 Å². The number of rotatable bonds is 7. The molecule has 29 heavy (non-hydrogen) atoms. The van der Waals surface area contributed by atoms with Crippen molar-refractivity contribution in [3.63, 3.8) is 0 Å². The lowest BCUT2D eigenvalue weighted by molar-refractivity contribution is -0.115. The minimum absolute atomic E-state index is 0.132. The van der Waals surface area contributed by atoms with Crippen LogP contribution in [0.4, 0.5) is 10.1 Å². The van der Waals surface area contributed by atoms with Crippen LogP contribution in [0.15, 0.2) is 53.4 Å². The van der Waals surface area contributed by atoms with E-state index >= 15 is 0 Å². The molecule has 0 aliphatic heterocycles. The summed E-state index contributed by atoms with van der Waals surface area (Å²) in [6, 6.07) is 10.5. The molecular weight excluding hydrogens is 395 g/mol. The van der Waals surface area contributed by atoms with E-state index in [0.717, 1.165) is 30.7 Å². The summed E-state index contributed by atoms with van der Waals surface area (Å²) < 4.78 is 38.1. The molecule has 2 rings (SSSR count). The molecule has 1 atom stereocenters. The molecule has 0 fully saturated rings. The number of carbonyl (C=O) groups is 2. The first-order valence-electron chi connectivity index (χ1n) is 9.19. The Morgan fingerprint density at radius 1 is 1.03 bits per heavy atom. The Balaban J connectivity index is 2.08. The highest BCUT2D eigenvalue weighted by atomic mass is 32.2. The van der Waals surface area contributed by atoms with Crippen LogP contribution in [-0.2, 0) is 14.6 Å². The normalized spacial score (nSPS) is 12.9. The second kappa shape index (κ2) is 8.73. The van der Waals surface area contributed by atoms with E-state index in [1.165, 1.54) is 19.1 Å². The number of nitrogens with one attached hydrogen (secondary N) is 2. The van der Waals surface area contributed by atoms with Gasteiger partial charge in [-0.1, -0.05) is 6.92 Å². The maximum Gasteiger partial charge on any atom is 0.251 e. The summed E-state index contributed by atoms with van der Waals surface area (Å²) in [5, 5.41) is 4.07. The molecule has 0 radical (unpaired) electrons. The van der Waals surface area contributed by atoms with Crippen molar-refractivity contribution >= 4 is 27.3 Å². The van der Waals surface area contributed by atoms with E-state index in [2.05, 4.69) is 10.6 Å². The largest absolute Gasteiger partial charge is 0.347 e. The van der Waals surface area contributed by atoms with Crippen LogP contribution in [0.1, 0.15) is 44.5 Å². The van der Waals surface area contributed by atoms with Crippen molar-refractivity contribution in [3.05, 3.63) is 59.9 Å². The Bertz CT molecular complexity index is 984. The summed E-state index contributed by atoms with van der Waals surface area (Å²) in [7, 11) is -3.96. The third-order valence-electron chi connectivity index (χ3n) is 4.73. The maximum atomic E-state index is 13.0. The van der Waals surface area contributed by atoms with E-state index in [1.807, 2.05) is 20.8 Å². The molecule has 6 nitrogen and oxygen atoms in total. The number of hydrogen-bond donors (Lipinski definition) is 2. The fourth-order valence-electron chi connectivity index (χ4n) is 2.39. The predicted molar refractivity (Wildman–Crippen MR) is 110 cm³/mol. The molecule has 2 aromatic rings. The molecule has 0 heterocycles. The third kappa shape index (κ3) is 5.63. The molecular formula is C21H25FN2O4S. The average molecular weight is 421 g/mol. The first kappa shape index (κ1) is 22.5. The van der Waals surface area contributed by atoms with Crippen molar-refractivity contribution in [2.24, 2.45) is 0 Å². The van der Waals surface area contributed by atoms with Crippen LogP contribution in [0.5, 0.6) is 0 Å². The summed E-state index contributed by atoms with van der Waals surface area (Å²) in [4.78, 5) is 24.5. The summed E-state index contributed by atoms with van der Waals surface area (Å²) in [6.45, 7) is 7.08. The van der Waals surface area contributed by atoms with Crippen LogP contribution in [0.25, 0.3) is 0 Å². The van der Waals surface area contributed by atoms with E-state index in [1.54, 1.807) is 12.1 Å². The second-order valence-electron chi connectivity index (χ2n) is 7.40. The van der Waals surface area contributed by atoms with Crippen LogP contribution in [0.3, 0.4) is 0 Å². The maximum absolute atomic E-state index is 13.0. The van der Waals surface area contributed by atoms with Gasteiger partial charge in [-0.15, -0.1) is 0 Å². The van der Waals surface area contributed by atoms with Gasteiger partial charge >= 0.3 is 0 Å². The van der Waals surface area contributed by atoms with Crippen LogP contribution in [0, 0.1) is 5.82 Å². The smallest absolute Gasteiger partial charge is 0.251 e. The molecule has 2 amide bonds. The zero-order valence-corrected chi connectivity index (χ0v) is 17.6. The van der Waals surface area contributed by atoms with E-state index in [4.69, 9.17) is 0 Å². The fourth-order valence-corrected chi connectivity index (χ4v) is 3.65. The molecule has 0 aliphatic carbocycles. The lowest BCUT2D eigenvalue weighted by atomic mass is 10.0. The fraction of sp³-hybridized carbons (Fsp3) is 0.333. The quantitative estimate of drug-likeness (QED) is 0.670. The molecule has 8 heteroatoms. The lowest BCUT2D eigenvalue weighted by Gasteiger charge is -2.24. The van der Waals surface area contributed by atoms with Crippen molar-refractivity contribution in [2.75, 3.05) is 5.32 Å². The lowest BCUT2D eigenvalue weighted by Crippen LogP contribution is -2.42. The number of halogens is 1. The van der Waals surface area contributed by atoms with Gasteiger partial charge in [0.05, 0.1) is 4.90 Å².